The van der Waals surface area contributed by atoms with Gasteiger partial charge in [0.15, 0.2) is 0 Å². The number of amides is 7. The van der Waals surface area contributed by atoms with Crippen molar-refractivity contribution in [2.45, 2.75) is 12.5 Å². The Kier molecular flexibility index (Phi) is 15.7. The van der Waals surface area contributed by atoms with Crippen molar-refractivity contribution in [2.75, 3.05) is 59.3 Å². The number of nitrogens with one attached hydrogen (secondary N) is 5. The summed E-state index contributed by atoms with van der Waals surface area (Å²) in [6.07, 6.45) is 1.45. The lowest BCUT2D eigenvalue weighted by atomic mass is 10.1. The smallest absolute Gasteiger partial charge is 0.407 e. The third kappa shape index (κ3) is 15.1. The zero-order valence-electron chi connectivity index (χ0n) is 24.1. The molecule has 0 saturated heterocycles. The van der Waals surface area contributed by atoms with Crippen LogP contribution in [0.4, 0.5) is 4.79 Å². The van der Waals surface area contributed by atoms with Crippen molar-refractivity contribution >= 4 is 47.5 Å². The van der Waals surface area contributed by atoms with Gasteiger partial charge >= 0.3 is 12.1 Å². The minimum Gasteiger partial charge on any atom is -0.480 e. The number of imide groups is 1. The van der Waals surface area contributed by atoms with Crippen LogP contribution in [0.3, 0.4) is 0 Å². The highest BCUT2D eigenvalue weighted by atomic mass is 16.6. The summed E-state index contributed by atoms with van der Waals surface area (Å²) in [6, 6.07) is 7.59. The van der Waals surface area contributed by atoms with Crippen LogP contribution in [-0.2, 0) is 54.2 Å². The maximum atomic E-state index is 12.7. The summed E-state index contributed by atoms with van der Waals surface area (Å²) >= 11 is 0. The molecule has 0 spiro atoms. The van der Waals surface area contributed by atoms with Gasteiger partial charge in [-0.15, -0.1) is 0 Å². The lowest BCUT2D eigenvalue weighted by molar-refractivity contribution is -0.143. The van der Waals surface area contributed by atoms with E-state index in [-0.39, 0.29) is 39.5 Å². The number of rotatable bonds is 20. The van der Waals surface area contributed by atoms with Gasteiger partial charge in [-0.25, -0.2) is 9.59 Å². The Hall–Kier alpha value is -5.36. The van der Waals surface area contributed by atoms with Crippen LogP contribution in [-0.4, -0.2) is 123 Å². The fraction of sp³-hybridized carbons (Fsp3) is 0.407. The second-order valence-corrected chi connectivity index (χ2v) is 9.05. The number of hydrogen-bond acceptors (Lipinski definition) is 11. The topological polar surface area (TPSA) is 248 Å². The molecule has 1 aliphatic rings. The standard InChI is InChI=1S/C27H34N6O12/c34-20(14-30-27(42)45-11-10-43-9-8-33-23(37)6-7-24(33)38)28-15-22(36)32-19(12-18-4-2-1-3-5-18)26(41)29-13-21(35)31-17-44-16-25(39)40/h1-7,19H,8-17H2,(H,28,34)(H,29,41)(H,30,42)(H,31,35)(H,32,36)(H,39,40)/t19-/m0/s1. The molecule has 1 atom stereocenters. The Morgan fingerprint density at radius 2 is 1.40 bits per heavy atom. The van der Waals surface area contributed by atoms with Gasteiger partial charge in [-0.2, -0.15) is 0 Å². The average Bonchev–Trinajstić information content (AvgIpc) is 3.33. The number of carboxylic acid groups (broad SMARTS) is 1. The molecule has 0 unspecified atom stereocenters. The van der Waals surface area contributed by atoms with E-state index in [1.165, 1.54) is 0 Å². The number of carbonyl (C=O) groups is 8. The molecule has 6 N–H and O–H groups in total. The fourth-order valence-corrected chi connectivity index (χ4v) is 3.47. The van der Waals surface area contributed by atoms with Gasteiger partial charge < -0.3 is 45.9 Å². The molecule has 0 aliphatic carbocycles. The van der Waals surface area contributed by atoms with Crippen molar-refractivity contribution in [2.24, 2.45) is 0 Å². The lowest BCUT2D eigenvalue weighted by Gasteiger charge is -2.19. The molecule has 0 fully saturated rings. The van der Waals surface area contributed by atoms with Crippen LogP contribution in [0.2, 0.25) is 0 Å². The molecule has 1 aliphatic heterocycles. The van der Waals surface area contributed by atoms with Gasteiger partial charge in [0, 0.05) is 18.6 Å². The molecular weight excluding hydrogens is 600 g/mol. The maximum absolute atomic E-state index is 12.7. The molecule has 1 aromatic rings. The van der Waals surface area contributed by atoms with Crippen LogP contribution >= 0.6 is 0 Å². The molecule has 244 valence electrons. The predicted octanol–water partition coefficient (Wildman–Crippen LogP) is -3.21. The van der Waals surface area contributed by atoms with E-state index in [0.29, 0.717) is 5.56 Å². The van der Waals surface area contributed by atoms with E-state index in [4.69, 9.17) is 14.6 Å². The second-order valence-electron chi connectivity index (χ2n) is 9.05. The molecule has 18 nitrogen and oxygen atoms in total. The molecular formula is C27H34N6O12. The Morgan fingerprint density at radius 1 is 0.756 bits per heavy atom. The minimum absolute atomic E-state index is 0.0208. The highest BCUT2D eigenvalue weighted by Crippen LogP contribution is 2.04. The highest BCUT2D eigenvalue weighted by molar-refractivity contribution is 6.12. The van der Waals surface area contributed by atoms with Gasteiger partial charge in [0.2, 0.25) is 23.6 Å². The van der Waals surface area contributed by atoms with Gasteiger partial charge in [-0.05, 0) is 5.56 Å². The maximum Gasteiger partial charge on any atom is 0.407 e. The number of benzene rings is 1. The van der Waals surface area contributed by atoms with Crippen molar-refractivity contribution in [1.82, 2.24) is 31.5 Å². The van der Waals surface area contributed by atoms with Gasteiger partial charge in [0.05, 0.1) is 32.8 Å². The van der Waals surface area contributed by atoms with E-state index in [1.807, 2.05) is 0 Å². The van der Waals surface area contributed by atoms with E-state index in [1.54, 1.807) is 30.3 Å². The quantitative estimate of drug-likeness (QED) is 0.0471. The predicted molar refractivity (Wildman–Crippen MR) is 151 cm³/mol. The van der Waals surface area contributed by atoms with Crippen LogP contribution in [0.25, 0.3) is 0 Å². The summed E-state index contributed by atoms with van der Waals surface area (Å²) in [5.74, 6) is -4.88. The molecule has 2 rings (SSSR count). The average molecular weight is 635 g/mol. The molecule has 1 aromatic carbocycles. The van der Waals surface area contributed by atoms with Crippen LogP contribution < -0.4 is 26.6 Å². The number of nitrogens with zero attached hydrogens (tertiary/aromatic N) is 1. The Morgan fingerprint density at radius 3 is 2.09 bits per heavy atom. The molecule has 1 heterocycles. The van der Waals surface area contributed by atoms with Crippen molar-refractivity contribution in [3.05, 3.63) is 48.0 Å². The number of aliphatic carboxylic acids is 1. The van der Waals surface area contributed by atoms with Crippen molar-refractivity contribution in [3.8, 4) is 0 Å². The monoisotopic (exact) mass is 634 g/mol. The first-order valence-corrected chi connectivity index (χ1v) is 13.5. The first kappa shape index (κ1) is 35.8. The van der Waals surface area contributed by atoms with E-state index in [9.17, 15) is 38.4 Å². The first-order chi connectivity index (χ1) is 21.5. The molecule has 0 bridgehead atoms. The normalized spacial score (nSPS) is 12.7. The Balaban J connectivity index is 1.67. The summed E-state index contributed by atoms with van der Waals surface area (Å²) in [6.45, 7) is -2.60. The summed E-state index contributed by atoms with van der Waals surface area (Å²) in [5, 5.41) is 20.1. The molecule has 18 heteroatoms. The number of carbonyl (C=O) groups excluding carboxylic acids is 7. The molecule has 7 amide bonds. The van der Waals surface area contributed by atoms with Crippen LogP contribution in [0.15, 0.2) is 42.5 Å². The zero-order valence-corrected chi connectivity index (χ0v) is 24.1. The molecule has 45 heavy (non-hydrogen) atoms. The zero-order chi connectivity index (χ0) is 33.0. The summed E-state index contributed by atoms with van der Waals surface area (Å²) < 4.78 is 14.7. The lowest BCUT2D eigenvalue weighted by Crippen LogP contribution is -2.52. The van der Waals surface area contributed by atoms with E-state index < -0.39 is 79.8 Å². The summed E-state index contributed by atoms with van der Waals surface area (Å²) in [4.78, 5) is 95.2. The number of hydrogen-bond donors (Lipinski definition) is 6. The van der Waals surface area contributed by atoms with Crippen molar-refractivity contribution in [1.29, 1.82) is 0 Å². The Bertz CT molecular complexity index is 1240. The molecule has 0 aromatic heterocycles. The summed E-state index contributed by atoms with van der Waals surface area (Å²) in [5.41, 5.74) is 0.704. The van der Waals surface area contributed by atoms with Gasteiger partial charge in [0.1, 0.15) is 32.5 Å². The number of ether oxygens (including phenoxy) is 3. The number of carboxylic acids is 1. The van der Waals surface area contributed by atoms with E-state index in [0.717, 1.165) is 17.1 Å². The van der Waals surface area contributed by atoms with E-state index in [2.05, 4.69) is 31.3 Å². The second kappa shape index (κ2) is 19.8. The van der Waals surface area contributed by atoms with Crippen LogP contribution in [0.1, 0.15) is 5.56 Å². The minimum atomic E-state index is -1.21. The van der Waals surface area contributed by atoms with Gasteiger partial charge in [0.25, 0.3) is 11.8 Å². The third-order valence-corrected chi connectivity index (χ3v) is 5.61. The van der Waals surface area contributed by atoms with Crippen LogP contribution in [0, 0.1) is 0 Å². The largest absolute Gasteiger partial charge is 0.480 e. The van der Waals surface area contributed by atoms with Gasteiger partial charge in [-0.1, -0.05) is 30.3 Å². The van der Waals surface area contributed by atoms with Crippen molar-refractivity contribution in [3.63, 3.8) is 0 Å². The van der Waals surface area contributed by atoms with Crippen LogP contribution in [0.5, 0.6) is 0 Å². The SMILES string of the molecule is O=C(O)COCNC(=O)CNC(=O)[C@H](Cc1ccccc1)NC(=O)CNC(=O)CNC(=O)OCCOCCN1C(=O)C=CC1=O. The van der Waals surface area contributed by atoms with Gasteiger partial charge in [-0.3, -0.25) is 33.7 Å². The number of alkyl carbamates (subject to hydrolysis) is 1. The Labute approximate surface area is 256 Å². The summed E-state index contributed by atoms with van der Waals surface area (Å²) in [7, 11) is 0. The first-order valence-electron chi connectivity index (χ1n) is 13.5. The third-order valence-electron chi connectivity index (χ3n) is 5.61. The van der Waals surface area contributed by atoms with Crippen molar-refractivity contribution < 1.29 is 57.7 Å². The molecule has 0 radical (unpaired) electrons. The molecule has 0 saturated carbocycles. The van der Waals surface area contributed by atoms with E-state index >= 15 is 0 Å². The highest BCUT2D eigenvalue weighted by Gasteiger charge is 2.23. The fourth-order valence-electron chi connectivity index (χ4n) is 3.47.